The van der Waals surface area contributed by atoms with Crippen molar-refractivity contribution in [2.24, 2.45) is 0 Å². The monoisotopic (exact) mass is 736 g/mol. The third-order valence-corrected chi connectivity index (χ3v) is 44.8. The maximum atomic E-state index is 2.50. The summed E-state index contributed by atoms with van der Waals surface area (Å²) in [7, 11) is -4.39. The van der Waals surface area contributed by atoms with E-state index in [9.17, 15) is 0 Å². The molecule has 0 aliphatic heterocycles. The molecular formula is C45H100BSi3-. The van der Waals surface area contributed by atoms with Crippen LogP contribution in [0.2, 0.25) is 54.4 Å². The molecule has 0 N–H and O–H groups in total. The summed E-state index contributed by atoms with van der Waals surface area (Å²) in [6.45, 7) is 22.5. The van der Waals surface area contributed by atoms with E-state index in [-0.39, 0.29) is 5.49 Å². The van der Waals surface area contributed by atoms with Gasteiger partial charge in [-0.2, -0.15) is 0 Å². The van der Waals surface area contributed by atoms with Crippen LogP contribution >= 0.6 is 0 Å². The van der Waals surface area contributed by atoms with E-state index in [1.165, 1.54) is 116 Å². The third-order valence-electron chi connectivity index (χ3n) is 14.0. The van der Waals surface area contributed by atoms with Gasteiger partial charge in [0.15, 0.2) is 0 Å². The molecule has 0 nitrogen and oxygen atoms in total. The number of hydrogen-bond acceptors (Lipinski definition) is 0. The van der Waals surface area contributed by atoms with E-state index in [0.29, 0.717) is 0 Å². The molecule has 0 spiro atoms. The Morgan fingerprint density at radius 3 is 0.429 bits per heavy atom. The molecule has 0 aliphatic rings. The molecule has 0 aromatic carbocycles. The Balaban J connectivity index is 8.19. The lowest BCUT2D eigenvalue weighted by Crippen LogP contribution is -2.78. The molecule has 0 saturated heterocycles. The molecule has 0 unspecified atom stereocenters. The zero-order valence-electron chi connectivity index (χ0n) is 36.7. The molecule has 0 heterocycles. The first kappa shape index (κ1) is 49.7. The average molecular weight is 736 g/mol. The van der Waals surface area contributed by atoms with Crippen LogP contribution < -0.4 is 0 Å². The van der Waals surface area contributed by atoms with E-state index in [0.717, 1.165) is 0 Å². The van der Waals surface area contributed by atoms with Crippen molar-refractivity contribution in [1.82, 2.24) is 0 Å². The predicted molar refractivity (Wildman–Crippen MR) is 243 cm³/mol. The van der Waals surface area contributed by atoms with Crippen molar-refractivity contribution in [3.63, 3.8) is 0 Å². The van der Waals surface area contributed by atoms with E-state index < -0.39 is 23.8 Å². The van der Waals surface area contributed by atoms with Crippen LogP contribution in [0.4, 0.5) is 0 Å². The summed E-state index contributed by atoms with van der Waals surface area (Å²) in [6, 6.07) is 16.0. The van der Waals surface area contributed by atoms with E-state index >= 15 is 0 Å². The maximum Gasteiger partial charge on any atom is -0.000301 e. The SMILES string of the molecule is CCCCC[Si](CCCCC)(CCCCC)[BH-]([Si](CCCCC)(CCCCC)CCCCC)[Si](CCCCC)(CCCCC)CCCCC. The summed E-state index contributed by atoms with van der Waals surface area (Å²) in [4.78, 5) is 0. The molecule has 0 aromatic rings. The van der Waals surface area contributed by atoms with Crippen molar-refractivity contribution in [2.75, 3.05) is 0 Å². The molecule has 0 radical (unpaired) electrons. The number of unbranched alkanes of at least 4 members (excludes halogenated alkanes) is 18. The summed E-state index contributed by atoms with van der Waals surface area (Å²) in [5.41, 5.74) is -0.0408. The second kappa shape index (κ2) is 33.3. The van der Waals surface area contributed by atoms with Crippen LogP contribution in [0.5, 0.6) is 0 Å². The lowest BCUT2D eigenvalue weighted by molar-refractivity contribution is 0.714. The predicted octanol–water partition coefficient (Wildman–Crippen LogP) is 17.5. The molecule has 0 fully saturated rings. The van der Waals surface area contributed by atoms with Crippen LogP contribution in [0, 0.1) is 0 Å². The molecule has 0 bridgehead atoms. The average Bonchev–Trinajstić information content (AvgIpc) is 3.09. The molecule has 0 rings (SSSR count). The lowest BCUT2D eigenvalue weighted by Gasteiger charge is -2.65. The molecule has 0 aliphatic carbocycles. The summed E-state index contributed by atoms with van der Waals surface area (Å²) in [5, 5.41) is 0. The fourth-order valence-electron chi connectivity index (χ4n) is 11.9. The molecule has 0 aromatic heterocycles. The minimum atomic E-state index is -1.46. The van der Waals surface area contributed by atoms with Gasteiger partial charge in [0.25, 0.3) is 0 Å². The van der Waals surface area contributed by atoms with Gasteiger partial charge in [0, 0.05) is 0 Å². The summed E-state index contributed by atoms with van der Waals surface area (Å²) in [6.07, 6.45) is 41.0. The third kappa shape index (κ3) is 20.1. The highest BCUT2D eigenvalue weighted by atomic mass is 28.4. The van der Waals surface area contributed by atoms with Crippen molar-refractivity contribution in [2.45, 2.75) is 290 Å². The minimum Gasteiger partial charge on any atom is -0.0971 e. The van der Waals surface area contributed by atoms with Crippen molar-refractivity contribution >= 4 is 29.3 Å². The van der Waals surface area contributed by atoms with Gasteiger partial charge in [-0.15, -0.1) is 0 Å². The van der Waals surface area contributed by atoms with E-state index in [1.54, 1.807) is 112 Å². The first-order valence-corrected chi connectivity index (χ1v) is 32.6. The largest absolute Gasteiger partial charge is 0.0971 e. The Labute approximate surface area is 318 Å². The van der Waals surface area contributed by atoms with Crippen molar-refractivity contribution in [3.05, 3.63) is 0 Å². The van der Waals surface area contributed by atoms with Crippen LogP contribution in [0.1, 0.15) is 236 Å². The number of rotatable bonds is 39. The highest BCUT2D eigenvalue weighted by Crippen LogP contribution is 2.49. The van der Waals surface area contributed by atoms with Crippen LogP contribution in [-0.4, -0.2) is 29.3 Å². The first-order valence-electron chi connectivity index (χ1n) is 24.1. The van der Waals surface area contributed by atoms with Crippen LogP contribution in [0.3, 0.4) is 0 Å². The molecule has 296 valence electrons. The van der Waals surface area contributed by atoms with Crippen LogP contribution in [0.25, 0.3) is 0 Å². The second-order valence-electron chi connectivity index (χ2n) is 18.1. The minimum absolute atomic E-state index is 0.0408. The van der Waals surface area contributed by atoms with Gasteiger partial charge in [-0.05, 0) is 5.49 Å². The molecule has 0 atom stereocenters. The molecular weight excluding hydrogens is 636 g/mol. The van der Waals surface area contributed by atoms with Gasteiger partial charge < -0.3 is 0 Å². The zero-order valence-corrected chi connectivity index (χ0v) is 39.7. The summed E-state index contributed by atoms with van der Waals surface area (Å²) in [5.74, 6) is 0. The molecule has 49 heavy (non-hydrogen) atoms. The highest BCUT2D eigenvalue weighted by Gasteiger charge is 2.53. The summed E-state index contributed by atoms with van der Waals surface area (Å²) >= 11 is 0. The number of hydrogen-bond donors (Lipinski definition) is 0. The molecule has 0 amide bonds. The van der Waals surface area contributed by atoms with Gasteiger partial charge >= 0.3 is 0 Å². The van der Waals surface area contributed by atoms with Gasteiger partial charge in [0.2, 0.25) is 0 Å². The standard InChI is InChI=1S/C45H100BSi3/c1-10-19-28-37-47(38-29-20-11-2,39-30-21-12-3)46(48(40-31-22-13-4,41-32-23-14-5)42-33-24-15-6)49(43-34-25-16-7,44-35-26-17-8)45-36-27-18-9/h46H,10-45H2,1-9H3/q-1. The van der Waals surface area contributed by atoms with Gasteiger partial charge in [0.1, 0.15) is 0 Å². The Morgan fingerprint density at radius 2 is 0.327 bits per heavy atom. The Morgan fingerprint density at radius 1 is 0.204 bits per heavy atom. The molecule has 4 heteroatoms. The lowest BCUT2D eigenvalue weighted by atomic mass is 10.3. The second-order valence-corrected chi connectivity index (χ2v) is 35.9. The Hall–Kier alpha value is 0.716. The normalized spacial score (nSPS) is 12.9. The van der Waals surface area contributed by atoms with Crippen molar-refractivity contribution in [3.8, 4) is 0 Å². The van der Waals surface area contributed by atoms with Crippen LogP contribution in [-0.2, 0) is 0 Å². The van der Waals surface area contributed by atoms with E-state index in [1.807, 2.05) is 0 Å². The van der Waals surface area contributed by atoms with Crippen molar-refractivity contribution < 1.29 is 0 Å². The van der Waals surface area contributed by atoms with E-state index in [2.05, 4.69) is 62.3 Å². The van der Waals surface area contributed by atoms with Gasteiger partial charge in [-0.3, -0.25) is 0 Å². The zero-order chi connectivity index (χ0) is 36.5. The Kier molecular flexibility index (Phi) is 33.8. The van der Waals surface area contributed by atoms with E-state index in [4.69, 9.17) is 0 Å². The topological polar surface area (TPSA) is 0 Å². The smallest absolute Gasteiger partial charge is 0.000301 e. The Bertz CT molecular complexity index is 512. The fourth-order valence-corrected chi connectivity index (χ4v) is 54.9. The highest BCUT2D eigenvalue weighted by molar-refractivity contribution is 7.82. The van der Waals surface area contributed by atoms with Gasteiger partial charge in [0.05, 0.1) is 0 Å². The van der Waals surface area contributed by atoms with Crippen molar-refractivity contribution in [1.29, 1.82) is 0 Å². The maximum absolute atomic E-state index is 2.50. The first-order chi connectivity index (χ1) is 23.9. The van der Waals surface area contributed by atoms with Crippen LogP contribution in [0.15, 0.2) is 0 Å². The summed E-state index contributed by atoms with van der Waals surface area (Å²) < 4.78 is 0. The van der Waals surface area contributed by atoms with Gasteiger partial charge in [-0.1, -0.05) is 314 Å². The molecule has 0 saturated carbocycles. The fraction of sp³-hybridized carbons (Fsp3) is 1.00. The van der Waals surface area contributed by atoms with Gasteiger partial charge in [-0.25, -0.2) is 0 Å². The quantitative estimate of drug-likeness (QED) is 0.0436.